The van der Waals surface area contributed by atoms with Crippen molar-refractivity contribution in [1.82, 2.24) is 10.4 Å². The normalized spacial score (nSPS) is 21.4. The van der Waals surface area contributed by atoms with Crippen LogP contribution in [0.2, 0.25) is 0 Å². The number of nitrogens with one attached hydrogen (secondary N) is 1. The van der Waals surface area contributed by atoms with E-state index in [1.807, 2.05) is 29.2 Å². The SMILES string of the molecule is Cc1ccccc1CN1CC[C@]2(CCc3cc(C(=O)NO)ccc3C2)C1=O. The molecule has 0 radical (unpaired) electrons. The average Bonchev–Trinajstić information content (AvgIpc) is 2.98. The highest BCUT2D eigenvalue weighted by Crippen LogP contribution is 2.44. The van der Waals surface area contributed by atoms with Gasteiger partial charge in [-0.25, -0.2) is 5.48 Å². The lowest BCUT2D eigenvalue weighted by molar-refractivity contribution is -0.137. The van der Waals surface area contributed by atoms with Crippen LogP contribution in [0.5, 0.6) is 0 Å². The summed E-state index contributed by atoms with van der Waals surface area (Å²) in [6, 6.07) is 13.7. The van der Waals surface area contributed by atoms with Gasteiger partial charge in [-0.05, 0) is 67.0 Å². The van der Waals surface area contributed by atoms with E-state index < -0.39 is 5.91 Å². The number of aryl methyl sites for hydroxylation is 2. The first-order chi connectivity index (χ1) is 13.0. The number of likely N-dealkylation sites (tertiary alicyclic amines) is 1. The third-order valence-electron chi connectivity index (χ3n) is 6.20. The highest BCUT2D eigenvalue weighted by atomic mass is 16.5. The number of amides is 2. The van der Waals surface area contributed by atoms with E-state index in [2.05, 4.69) is 19.1 Å². The zero-order valence-electron chi connectivity index (χ0n) is 15.5. The number of carbonyl (C=O) groups is 2. The van der Waals surface area contributed by atoms with E-state index in [0.717, 1.165) is 43.4 Å². The smallest absolute Gasteiger partial charge is 0.274 e. The van der Waals surface area contributed by atoms with Gasteiger partial charge in [-0.1, -0.05) is 30.3 Å². The molecule has 140 valence electrons. The highest BCUT2D eigenvalue weighted by Gasteiger charge is 2.48. The Morgan fingerprint density at radius 1 is 1.19 bits per heavy atom. The van der Waals surface area contributed by atoms with Gasteiger partial charge in [0, 0.05) is 18.7 Å². The van der Waals surface area contributed by atoms with E-state index in [0.29, 0.717) is 12.1 Å². The Balaban J connectivity index is 1.53. The Morgan fingerprint density at radius 2 is 2.00 bits per heavy atom. The number of nitrogens with zero attached hydrogens (tertiary/aromatic N) is 1. The largest absolute Gasteiger partial charge is 0.338 e. The molecule has 2 aromatic rings. The molecule has 1 saturated heterocycles. The summed E-state index contributed by atoms with van der Waals surface area (Å²) in [6.45, 7) is 3.56. The van der Waals surface area contributed by atoms with Gasteiger partial charge in [0.25, 0.3) is 5.91 Å². The van der Waals surface area contributed by atoms with Gasteiger partial charge in [0.05, 0.1) is 5.41 Å². The molecule has 1 aliphatic carbocycles. The predicted molar refractivity (Wildman–Crippen MR) is 101 cm³/mol. The Hall–Kier alpha value is -2.66. The molecule has 27 heavy (non-hydrogen) atoms. The molecule has 0 bridgehead atoms. The Labute approximate surface area is 159 Å². The van der Waals surface area contributed by atoms with E-state index in [1.165, 1.54) is 11.1 Å². The first-order valence-electron chi connectivity index (χ1n) is 9.42. The Morgan fingerprint density at radius 3 is 2.78 bits per heavy atom. The molecule has 1 atom stereocenters. The third kappa shape index (κ3) is 3.12. The van der Waals surface area contributed by atoms with Crippen molar-refractivity contribution in [2.45, 2.75) is 39.2 Å². The maximum atomic E-state index is 13.3. The second kappa shape index (κ2) is 6.82. The van der Waals surface area contributed by atoms with E-state index in [4.69, 9.17) is 5.21 Å². The summed E-state index contributed by atoms with van der Waals surface area (Å²) < 4.78 is 0. The maximum absolute atomic E-state index is 13.3. The summed E-state index contributed by atoms with van der Waals surface area (Å²) in [5.41, 5.74) is 6.49. The van der Waals surface area contributed by atoms with Crippen molar-refractivity contribution in [1.29, 1.82) is 0 Å². The maximum Gasteiger partial charge on any atom is 0.274 e. The monoisotopic (exact) mass is 364 g/mol. The molecule has 2 N–H and O–H groups in total. The molecule has 2 amide bonds. The molecule has 5 nitrogen and oxygen atoms in total. The Kier molecular flexibility index (Phi) is 4.48. The number of benzene rings is 2. The van der Waals surface area contributed by atoms with Gasteiger partial charge in [0.1, 0.15) is 0 Å². The van der Waals surface area contributed by atoms with Gasteiger partial charge in [-0.15, -0.1) is 0 Å². The number of hydroxylamine groups is 1. The van der Waals surface area contributed by atoms with Crippen LogP contribution < -0.4 is 5.48 Å². The molecule has 0 saturated carbocycles. The van der Waals surface area contributed by atoms with Crippen LogP contribution in [0.15, 0.2) is 42.5 Å². The Bertz CT molecular complexity index is 908. The zero-order valence-corrected chi connectivity index (χ0v) is 15.5. The fourth-order valence-corrected chi connectivity index (χ4v) is 4.50. The van der Waals surface area contributed by atoms with Crippen LogP contribution in [0.25, 0.3) is 0 Å². The van der Waals surface area contributed by atoms with Crippen molar-refractivity contribution >= 4 is 11.8 Å². The molecule has 0 aromatic heterocycles. The fraction of sp³-hybridized carbons (Fsp3) is 0.364. The van der Waals surface area contributed by atoms with Gasteiger partial charge in [0.2, 0.25) is 5.91 Å². The van der Waals surface area contributed by atoms with E-state index >= 15 is 0 Å². The van der Waals surface area contributed by atoms with Crippen LogP contribution in [0, 0.1) is 12.3 Å². The van der Waals surface area contributed by atoms with Crippen molar-refractivity contribution in [3.63, 3.8) is 0 Å². The molecule has 2 aromatic carbocycles. The van der Waals surface area contributed by atoms with Crippen LogP contribution in [-0.4, -0.2) is 28.5 Å². The third-order valence-corrected chi connectivity index (χ3v) is 6.20. The van der Waals surface area contributed by atoms with E-state index in [-0.39, 0.29) is 11.3 Å². The highest BCUT2D eigenvalue weighted by molar-refractivity contribution is 5.93. The lowest BCUT2D eigenvalue weighted by Gasteiger charge is -2.33. The minimum atomic E-state index is -0.501. The van der Waals surface area contributed by atoms with Crippen molar-refractivity contribution < 1.29 is 14.8 Å². The molecule has 1 spiro atoms. The molecular formula is C22H24N2O3. The van der Waals surface area contributed by atoms with Crippen LogP contribution >= 0.6 is 0 Å². The second-order valence-corrected chi connectivity index (χ2v) is 7.78. The molecule has 2 aliphatic rings. The summed E-state index contributed by atoms with van der Waals surface area (Å²) in [5, 5.41) is 8.81. The van der Waals surface area contributed by atoms with Crippen molar-refractivity contribution in [3.8, 4) is 0 Å². The topological polar surface area (TPSA) is 69.6 Å². The minimum Gasteiger partial charge on any atom is -0.338 e. The second-order valence-electron chi connectivity index (χ2n) is 7.78. The summed E-state index contributed by atoms with van der Waals surface area (Å²) in [4.78, 5) is 26.9. The standard InChI is InChI=1S/C22H24N2O3/c1-15-4-2-3-5-19(15)14-24-11-10-22(21(24)26)9-8-16-12-17(20(25)23-27)6-7-18(16)13-22/h2-7,12,27H,8-11,13-14H2,1H3,(H,23,25)/t22-/m0/s1. The molecule has 5 heteroatoms. The first kappa shape index (κ1) is 17.7. The molecule has 1 aliphatic heterocycles. The lowest BCUT2D eigenvalue weighted by atomic mass is 9.70. The van der Waals surface area contributed by atoms with Gasteiger partial charge < -0.3 is 4.90 Å². The number of hydrogen-bond acceptors (Lipinski definition) is 3. The van der Waals surface area contributed by atoms with Crippen molar-refractivity contribution in [2.24, 2.45) is 5.41 Å². The summed E-state index contributed by atoms with van der Waals surface area (Å²) in [5.74, 6) is -0.243. The van der Waals surface area contributed by atoms with Crippen LogP contribution in [-0.2, 0) is 24.2 Å². The molecule has 1 fully saturated rings. The van der Waals surface area contributed by atoms with Gasteiger partial charge in [-0.3, -0.25) is 14.8 Å². The molecular weight excluding hydrogens is 340 g/mol. The van der Waals surface area contributed by atoms with E-state index in [9.17, 15) is 9.59 Å². The average molecular weight is 364 g/mol. The molecule has 1 heterocycles. The summed E-state index contributed by atoms with van der Waals surface area (Å²) >= 11 is 0. The van der Waals surface area contributed by atoms with Gasteiger partial charge in [0.15, 0.2) is 0 Å². The molecule has 0 unspecified atom stereocenters. The number of rotatable bonds is 3. The number of carbonyl (C=O) groups excluding carboxylic acids is 2. The van der Waals surface area contributed by atoms with Crippen molar-refractivity contribution in [3.05, 3.63) is 70.3 Å². The number of hydrogen-bond donors (Lipinski definition) is 2. The van der Waals surface area contributed by atoms with Crippen LogP contribution in [0.4, 0.5) is 0 Å². The van der Waals surface area contributed by atoms with Gasteiger partial charge >= 0.3 is 0 Å². The van der Waals surface area contributed by atoms with E-state index in [1.54, 1.807) is 11.5 Å². The summed E-state index contributed by atoms with van der Waals surface area (Å²) in [7, 11) is 0. The lowest BCUT2D eigenvalue weighted by Crippen LogP contribution is -2.38. The predicted octanol–water partition coefficient (Wildman–Crippen LogP) is 3.02. The van der Waals surface area contributed by atoms with Crippen LogP contribution in [0.3, 0.4) is 0 Å². The van der Waals surface area contributed by atoms with Gasteiger partial charge in [-0.2, -0.15) is 0 Å². The summed E-state index contributed by atoms with van der Waals surface area (Å²) in [6.07, 6.45) is 3.21. The first-order valence-corrected chi connectivity index (χ1v) is 9.42. The zero-order chi connectivity index (χ0) is 19.0. The number of fused-ring (bicyclic) bond motifs is 1. The quantitative estimate of drug-likeness (QED) is 0.650. The molecule has 4 rings (SSSR count). The van der Waals surface area contributed by atoms with Crippen LogP contribution in [0.1, 0.15) is 45.5 Å². The minimum absolute atomic E-state index is 0.258. The fourth-order valence-electron chi connectivity index (χ4n) is 4.50. The van der Waals surface area contributed by atoms with Crippen molar-refractivity contribution in [2.75, 3.05) is 6.54 Å².